The molecule has 0 aromatic heterocycles. The third kappa shape index (κ3) is 1.75. The van der Waals surface area contributed by atoms with Crippen LogP contribution in [0.4, 0.5) is 4.39 Å². The molecule has 0 saturated heterocycles. The van der Waals surface area contributed by atoms with Crippen molar-refractivity contribution in [2.75, 3.05) is 7.11 Å². The van der Waals surface area contributed by atoms with Crippen molar-refractivity contribution in [2.24, 2.45) is 0 Å². The van der Waals surface area contributed by atoms with Gasteiger partial charge in [0, 0.05) is 0 Å². The Hall–Kier alpha value is -1.62. The number of halogens is 1. The van der Waals surface area contributed by atoms with Gasteiger partial charge in [-0.1, -0.05) is 6.07 Å². The highest BCUT2D eigenvalue weighted by atomic mass is 19.1. The number of hydrogen-bond donors (Lipinski definition) is 2. The second kappa shape index (κ2) is 3.86. The molecule has 0 atom stereocenters. The fourth-order valence-electron chi connectivity index (χ4n) is 0.955. The summed E-state index contributed by atoms with van der Waals surface area (Å²) in [6.45, 7) is 0. The number of benzene rings is 1. The minimum absolute atomic E-state index is 0.0509. The van der Waals surface area contributed by atoms with Crippen LogP contribution in [0.15, 0.2) is 18.2 Å². The average Bonchev–Trinajstić information content (AvgIpc) is 2.16. The number of methoxy groups -OCH3 is 1. The summed E-state index contributed by atoms with van der Waals surface area (Å²) in [7, 11) is 1.24. The van der Waals surface area contributed by atoms with E-state index in [2.05, 4.69) is 4.74 Å². The molecule has 0 bridgehead atoms. The molecule has 1 aromatic carbocycles. The van der Waals surface area contributed by atoms with Crippen LogP contribution in [0, 0.1) is 5.82 Å². The summed E-state index contributed by atoms with van der Waals surface area (Å²) in [6, 6.07) is 3.85. The topological polar surface area (TPSA) is 58.6 Å². The molecule has 2 N–H and O–H groups in total. The molecule has 1 rings (SSSR count). The Morgan fingerprint density at radius 2 is 2.31 bits per heavy atom. The number of hydrogen-bond acceptors (Lipinski definition) is 3. The molecule has 5 heteroatoms. The van der Waals surface area contributed by atoms with Crippen molar-refractivity contribution < 1.29 is 19.1 Å². The highest BCUT2D eigenvalue weighted by Gasteiger charge is 2.14. The summed E-state index contributed by atoms with van der Waals surface area (Å²) in [5, 5.41) is 8.32. The van der Waals surface area contributed by atoms with Gasteiger partial charge in [-0.3, -0.25) is 10.0 Å². The first kappa shape index (κ1) is 9.47. The van der Waals surface area contributed by atoms with E-state index in [0.29, 0.717) is 0 Å². The largest absolute Gasteiger partial charge is 0.493 e. The lowest BCUT2D eigenvalue weighted by Gasteiger charge is -2.06. The van der Waals surface area contributed by atoms with Gasteiger partial charge < -0.3 is 4.74 Å². The first-order valence-electron chi connectivity index (χ1n) is 3.47. The van der Waals surface area contributed by atoms with Crippen molar-refractivity contribution in [3.05, 3.63) is 29.6 Å². The number of rotatable bonds is 2. The number of amides is 1. The predicted molar refractivity (Wildman–Crippen MR) is 42.2 cm³/mol. The molecule has 0 spiro atoms. The normalized spacial score (nSPS) is 9.46. The second-order valence-corrected chi connectivity index (χ2v) is 2.26. The van der Waals surface area contributed by atoms with E-state index in [0.717, 1.165) is 6.07 Å². The highest BCUT2D eigenvalue weighted by Crippen LogP contribution is 2.21. The van der Waals surface area contributed by atoms with Crippen LogP contribution in [0.2, 0.25) is 0 Å². The lowest BCUT2D eigenvalue weighted by atomic mass is 10.2. The molecule has 0 unspecified atom stereocenters. The van der Waals surface area contributed by atoms with Crippen molar-refractivity contribution >= 4 is 5.91 Å². The third-order valence-electron chi connectivity index (χ3n) is 1.52. The molecule has 1 aromatic rings. The van der Waals surface area contributed by atoms with Gasteiger partial charge in [0.15, 0.2) is 11.6 Å². The van der Waals surface area contributed by atoms with E-state index in [1.54, 1.807) is 0 Å². The molecule has 13 heavy (non-hydrogen) atoms. The molecule has 1 amide bonds. The number of para-hydroxylation sites is 1. The number of carbonyl (C=O) groups is 1. The van der Waals surface area contributed by atoms with Crippen molar-refractivity contribution in [1.29, 1.82) is 0 Å². The number of hydroxylamine groups is 1. The molecule has 0 heterocycles. The van der Waals surface area contributed by atoms with Gasteiger partial charge in [0.25, 0.3) is 5.91 Å². The molecule has 0 aliphatic rings. The smallest absolute Gasteiger partial charge is 0.278 e. The lowest BCUT2D eigenvalue weighted by molar-refractivity contribution is 0.0702. The molecule has 0 aliphatic heterocycles. The van der Waals surface area contributed by atoms with Gasteiger partial charge in [0.05, 0.1) is 12.7 Å². The standard InChI is InChI=1S/C8H8FNO3/c1-13-7-5(8(11)10-12)3-2-4-6(7)9/h2-4,12H,1H3,(H,10,11). The molecule has 0 radical (unpaired) electrons. The minimum atomic E-state index is -0.809. The van der Waals surface area contributed by atoms with Crippen molar-refractivity contribution in [3.63, 3.8) is 0 Å². The zero-order valence-corrected chi connectivity index (χ0v) is 6.87. The van der Waals surface area contributed by atoms with E-state index in [4.69, 9.17) is 5.21 Å². The van der Waals surface area contributed by atoms with Crippen LogP contribution in [0.1, 0.15) is 10.4 Å². The van der Waals surface area contributed by atoms with Gasteiger partial charge in [-0.2, -0.15) is 0 Å². The number of nitrogens with one attached hydrogen (secondary N) is 1. The number of carbonyl (C=O) groups excluding carboxylic acids is 1. The van der Waals surface area contributed by atoms with Crippen LogP contribution >= 0.6 is 0 Å². The zero-order chi connectivity index (χ0) is 9.84. The predicted octanol–water partition coefficient (Wildman–Crippen LogP) is 0.953. The maximum absolute atomic E-state index is 13.0. The third-order valence-corrected chi connectivity index (χ3v) is 1.52. The molecule has 0 saturated carbocycles. The van der Waals surface area contributed by atoms with Crippen LogP contribution in [0.25, 0.3) is 0 Å². The van der Waals surface area contributed by atoms with Gasteiger partial charge >= 0.3 is 0 Å². The van der Waals surface area contributed by atoms with E-state index in [-0.39, 0.29) is 11.3 Å². The summed E-state index contributed by atoms with van der Waals surface area (Å²) in [6.07, 6.45) is 0. The zero-order valence-electron chi connectivity index (χ0n) is 6.87. The molecule has 4 nitrogen and oxygen atoms in total. The summed E-state index contributed by atoms with van der Waals surface area (Å²) < 4.78 is 17.6. The average molecular weight is 185 g/mol. The SMILES string of the molecule is COc1c(F)cccc1C(=O)NO. The maximum Gasteiger partial charge on any atom is 0.278 e. The molecule has 70 valence electrons. The Kier molecular flexibility index (Phi) is 2.81. The molecule has 0 aliphatic carbocycles. The van der Waals surface area contributed by atoms with Crippen molar-refractivity contribution in [2.45, 2.75) is 0 Å². The quantitative estimate of drug-likeness (QED) is 0.532. The Bertz CT molecular complexity index is 327. The maximum atomic E-state index is 13.0. The molecular formula is C8H8FNO3. The Morgan fingerprint density at radius 1 is 1.62 bits per heavy atom. The Labute approximate surface area is 73.9 Å². The van der Waals surface area contributed by atoms with E-state index >= 15 is 0 Å². The van der Waals surface area contributed by atoms with Gasteiger partial charge in [0.1, 0.15) is 0 Å². The van der Waals surface area contributed by atoms with Crippen LogP contribution in [0.3, 0.4) is 0 Å². The van der Waals surface area contributed by atoms with E-state index in [1.165, 1.54) is 24.7 Å². The monoisotopic (exact) mass is 185 g/mol. The van der Waals surface area contributed by atoms with E-state index in [1.807, 2.05) is 0 Å². The summed E-state index contributed by atoms with van der Waals surface area (Å²) in [5.74, 6) is -1.64. The Morgan fingerprint density at radius 3 is 2.85 bits per heavy atom. The van der Waals surface area contributed by atoms with Crippen LogP contribution in [0.5, 0.6) is 5.75 Å². The number of ether oxygens (including phenoxy) is 1. The van der Waals surface area contributed by atoms with Gasteiger partial charge in [-0.05, 0) is 12.1 Å². The summed E-state index contributed by atoms with van der Waals surface area (Å²) in [4.78, 5) is 10.9. The van der Waals surface area contributed by atoms with Crippen LogP contribution in [-0.2, 0) is 0 Å². The van der Waals surface area contributed by atoms with Crippen molar-refractivity contribution in [3.8, 4) is 5.75 Å². The van der Waals surface area contributed by atoms with Crippen molar-refractivity contribution in [1.82, 2.24) is 5.48 Å². The Balaban J connectivity index is 3.20. The fraction of sp³-hybridized carbons (Fsp3) is 0.125. The molecular weight excluding hydrogens is 177 g/mol. The first-order chi connectivity index (χ1) is 6.20. The van der Waals surface area contributed by atoms with Gasteiger partial charge in [0.2, 0.25) is 0 Å². The summed E-state index contributed by atoms with van der Waals surface area (Å²) in [5.41, 5.74) is 1.35. The van der Waals surface area contributed by atoms with E-state index in [9.17, 15) is 9.18 Å². The highest BCUT2D eigenvalue weighted by molar-refractivity contribution is 5.96. The lowest BCUT2D eigenvalue weighted by Crippen LogP contribution is -2.19. The second-order valence-electron chi connectivity index (χ2n) is 2.26. The fourth-order valence-corrected chi connectivity index (χ4v) is 0.955. The van der Waals surface area contributed by atoms with Gasteiger partial charge in [-0.25, -0.2) is 9.87 Å². The van der Waals surface area contributed by atoms with Crippen LogP contribution in [-0.4, -0.2) is 18.2 Å². The van der Waals surface area contributed by atoms with E-state index < -0.39 is 11.7 Å². The summed E-state index contributed by atoms with van der Waals surface area (Å²) >= 11 is 0. The van der Waals surface area contributed by atoms with Gasteiger partial charge in [-0.15, -0.1) is 0 Å². The minimum Gasteiger partial charge on any atom is -0.493 e. The van der Waals surface area contributed by atoms with Crippen LogP contribution < -0.4 is 10.2 Å². The first-order valence-corrected chi connectivity index (χ1v) is 3.47. The molecule has 0 fully saturated rings.